The van der Waals surface area contributed by atoms with Gasteiger partial charge in [-0.15, -0.1) is 0 Å². The van der Waals surface area contributed by atoms with Crippen LogP contribution in [-0.4, -0.2) is 19.1 Å². The molecule has 1 heterocycles. The number of rotatable bonds is 2. The smallest absolute Gasteiger partial charge is 0.165 e. The standard InChI is InChI=1S/C17H18ClFN2/c1-12-10-20-15(13-6-3-2-4-7-13)11-21(12)16-9-5-8-14(18)17(16)19/h2-9,12,15,20H,10-11H2,1H3. The van der Waals surface area contributed by atoms with Gasteiger partial charge < -0.3 is 10.2 Å². The van der Waals surface area contributed by atoms with Crippen molar-refractivity contribution in [1.82, 2.24) is 5.32 Å². The highest BCUT2D eigenvalue weighted by molar-refractivity contribution is 6.31. The molecule has 3 rings (SSSR count). The van der Waals surface area contributed by atoms with Crippen molar-refractivity contribution >= 4 is 17.3 Å². The van der Waals surface area contributed by atoms with Crippen LogP contribution in [0.25, 0.3) is 0 Å². The van der Waals surface area contributed by atoms with Crippen molar-refractivity contribution in [3.63, 3.8) is 0 Å². The van der Waals surface area contributed by atoms with E-state index in [1.807, 2.05) is 18.2 Å². The first-order valence-electron chi connectivity index (χ1n) is 7.16. The highest BCUT2D eigenvalue weighted by atomic mass is 35.5. The third-order valence-electron chi connectivity index (χ3n) is 4.01. The Balaban J connectivity index is 1.89. The molecule has 0 aliphatic carbocycles. The Bertz CT molecular complexity index is 617. The summed E-state index contributed by atoms with van der Waals surface area (Å²) in [4.78, 5) is 2.09. The number of hydrogen-bond donors (Lipinski definition) is 1. The van der Waals surface area contributed by atoms with E-state index in [0.29, 0.717) is 5.69 Å². The van der Waals surface area contributed by atoms with Crippen molar-refractivity contribution in [3.8, 4) is 0 Å². The molecule has 2 unspecified atom stereocenters. The fourth-order valence-corrected chi connectivity index (χ4v) is 2.99. The van der Waals surface area contributed by atoms with E-state index in [2.05, 4.69) is 29.3 Å². The van der Waals surface area contributed by atoms with Gasteiger partial charge in [-0.05, 0) is 24.6 Å². The largest absolute Gasteiger partial charge is 0.363 e. The predicted molar refractivity (Wildman–Crippen MR) is 85.4 cm³/mol. The number of piperazine rings is 1. The first-order valence-corrected chi connectivity index (χ1v) is 7.53. The first kappa shape index (κ1) is 14.4. The molecule has 2 atom stereocenters. The lowest BCUT2D eigenvalue weighted by atomic mass is 10.0. The molecule has 0 radical (unpaired) electrons. The summed E-state index contributed by atoms with van der Waals surface area (Å²) in [6, 6.07) is 15.8. The summed E-state index contributed by atoms with van der Waals surface area (Å²) in [5.41, 5.74) is 1.80. The molecule has 4 heteroatoms. The zero-order chi connectivity index (χ0) is 14.8. The van der Waals surface area contributed by atoms with Gasteiger partial charge in [0, 0.05) is 25.2 Å². The zero-order valence-corrected chi connectivity index (χ0v) is 12.6. The minimum atomic E-state index is -0.334. The molecule has 21 heavy (non-hydrogen) atoms. The average molecular weight is 305 g/mol. The molecular formula is C17H18ClFN2. The van der Waals surface area contributed by atoms with Gasteiger partial charge in [0.2, 0.25) is 0 Å². The van der Waals surface area contributed by atoms with Crippen LogP contribution in [0, 0.1) is 5.82 Å². The molecule has 2 aromatic rings. The topological polar surface area (TPSA) is 15.3 Å². The molecule has 0 saturated carbocycles. The van der Waals surface area contributed by atoms with Gasteiger partial charge in [0.15, 0.2) is 5.82 Å². The molecule has 1 saturated heterocycles. The van der Waals surface area contributed by atoms with Crippen LogP contribution < -0.4 is 10.2 Å². The van der Waals surface area contributed by atoms with Gasteiger partial charge >= 0.3 is 0 Å². The van der Waals surface area contributed by atoms with Crippen molar-refractivity contribution in [1.29, 1.82) is 0 Å². The molecule has 1 aliphatic rings. The molecule has 0 aromatic heterocycles. The van der Waals surface area contributed by atoms with Crippen LogP contribution in [0.3, 0.4) is 0 Å². The SMILES string of the molecule is CC1CNC(c2ccccc2)CN1c1cccc(Cl)c1F. The fourth-order valence-electron chi connectivity index (χ4n) is 2.82. The van der Waals surface area contributed by atoms with E-state index < -0.39 is 0 Å². The highest BCUT2D eigenvalue weighted by Gasteiger charge is 2.28. The summed E-state index contributed by atoms with van der Waals surface area (Å²) >= 11 is 5.92. The Kier molecular flexibility index (Phi) is 4.13. The maximum Gasteiger partial charge on any atom is 0.165 e. The second kappa shape index (κ2) is 6.04. The van der Waals surface area contributed by atoms with Crippen LogP contribution in [0.4, 0.5) is 10.1 Å². The lowest BCUT2D eigenvalue weighted by molar-refractivity contribution is 0.410. The molecule has 0 spiro atoms. The van der Waals surface area contributed by atoms with Crippen molar-refractivity contribution in [3.05, 3.63) is 64.9 Å². The summed E-state index contributed by atoms with van der Waals surface area (Å²) in [7, 11) is 0. The van der Waals surface area contributed by atoms with Crippen LogP contribution in [0.15, 0.2) is 48.5 Å². The minimum absolute atomic E-state index is 0.175. The Morgan fingerprint density at radius 3 is 2.67 bits per heavy atom. The number of hydrogen-bond acceptors (Lipinski definition) is 2. The highest BCUT2D eigenvalue weighted by Crippen LogP contribution is 2.30. The summed E-state index contributed by atoms with van der Waals surface area (Å²) in [5, 5.41) is 3.70. The average Bonchev–Trinajstić information content (AvgIpc) is 2.52. The molecule has 1 aliphatic heterocycles. The molecule has 2 aromatic carbocycles. The zero-order valence-electron chi connectivity index (χ0n) is 11.9. The van der Waals surface area contributed by atoms with E-state index in [-0.39, 0.29) is 22.9 Å². The van der Waals surface area contributed by atoms with Crippen LogP contribution in [0.5, 0.6) is 0 Å². The van der Waals surface area contributed by atoms with Gasteiger partial charge in [0.25, 0.3) is 0 Å². The Morgan fingerprint density at radius 2 is 1.90 bits per heavy atom. The van der Waals surface area contributed by atoms with E-state index in [1.165, 1.54) is 5.56 Å². The van der Waals surface area contributed by atoms with Crippen molar-refractivity contribution < 1.29 is 4.39 Å². The Labute approximate surface area is 129 Å². The van der Waals surface area contributed by atoms with E-state index in [9.17, 15) is 4.39 Å². The lowest BCUT2D eigenvalue weighted by Gasteiger charge is -2.40. The van der Waals surface area contributed by atoms with Crippen molar-refractivity contribution in [2.75, 3.05) is 18.0 Å². The monoisotopic (exact) mass is 304 g/mol. The minimum Gasteiger partial charge on any atom is -0.363 e. The normalized spacial score (nSPS) is 22.3. The molecule has 0 amide bonds. The summed E-state index contributed by atoms with van der Waals surface area (Å²) in [5.74, 6) is -0.334. The van der Waals surface area contributed by atoms with Crippen LogP contribution in [0.1, 0.15) is 18.5 Å². The third-order valence-corrected chi connectivity index (χ3v) is 4.31. The van der Waals surface area contributed by atoms with E-state index in [4.69, 9.17) is 11.6 Å². The van der Waals surface area contributed by atoms with Gasteiger partial charge in [-0.1, -0.05) is 48.0 Å². The third kappa shape index (κ3) is 2.89. The van der Waals surface area contributed by atoms with Crippen LogP contribution in [0.2, 0.25) is 5.02 Å². The van der Waals surface area contributed by atoms with Gasteiger partial charge in [0.05, 0.1) is 10.7 Å². The quantitative estimate of drug-likeness (QED) is 0.901. The number of anilines is 1. The van der Waals surface area contributed by atoms with Crippen LogP contribution in [-0.2, 0) is 0 Å². The summed E-state index contributed by atoms with van der Waals surface area (Å²) in [6.07, 6.45) is 0. The first-order chi connectivity index (χ1) is 10.2. The maximum atomic E-state index is 14.3. The number of benzene rings is 2. The summed E-state index contributed by atoms with van der Waals surface area (Å²) < 4.78 is 14.3. The summed E-state index contributed by atoms with van der Waals surface area (Å²) in [6.45, 7) is 3.63. The molecule has 1 fully saturated rings. The number of nitrogens with zero attached hydrogens (tertiary/aromatic N) is 1. The van der Waals surface area contributed by atoms with Gasteiger partial charge in [-0.3, -0.25) is 0 Å². The van der Waals surface area contributed by atoms with Gasteiger partial charge in [-0.2, -0.15) is 0 Å². The maximum absolute atomic E-state index is 14.3. The van der Waals surface area contributed by atoms with Gasteiger partial charge in [0.1, 0.15) is 0 Å². The van der Waals surface area contributed by atoms with E-state index >= 15 is 0 Å². The molecule has 1 N–H and O–H groups in total. The molecule has 2 nitrogen and oxygen atoms in total. The van der Waals surface area contributed by atoms with Gasteiger partial charge in [-0.25, -0.2) is 4.39 Å². The second-order valence-corrected chi connectivity index (χ2v) is 5.85. The van der Waals surface area contributed by atoms with E-state index in [1.54, 1.807) is 18.2 Å². The molecular weight excluding hydrogens is 287 g/mol. The fraction of sp³-hybridized carbons (Fsp3) is 0.294. The lowest BCUT2D eigenvalue weighted by Crippen LogP contribution is -2.51. The number of halogens is 2. The molecule has 110 valence electrons. The predicted octanol–water partition coefficient (Wildman–Crippen LogP) is 4.02. The Morgan fingerprint density at radius 1 is 1.14 bits per heavy atom. The second-order valence-electron chi connectivity index (χ2n) is 5.45. The van der Waals surface area contributed by atoms with Crippen molar-refractivity contribution in [2.45, 2.75) is 19.0 Å². The van der Waals surface area contributed by atoms with E-state index in [0.717, 1.165) is 13.1 Å². The van der Waals surface area contributed by atoms with Crippen LogP contribution >= 0.6 is 11.6 Å². The molecule has 0 bridgehead atoms. The Hall–Kier alpha value is -1.58. The number of nitrogens with one attached hydrogen (secondary N) is 1. The van der Waals surface area contributed by atoms with Crippen molar-refractivity contribution in [2.24, 2.45) is 0 Å².